The zero-order valence-electron chi connectivity index (χ0n) is 10.7. The molecular formula is C14H13FN4. The second-order valence-corrected chi connectivity index (χ2v) is 4.62. The van der Waals surface area contributed by atoms with Gasteiger partial charge >= 0.3 is 0 Å². The Labute approximate surface area is 109 Å². The third-order valence-electron chi connectivity index (χ3n) is 3.00. The number of halogens is 1. The van der Waals surface area contributed by atoms with Gasteiger partial charge in [0.25, 0.3) is 0 Å². The van der Waals surface area contributed by atoms with Crippen molar-refractivity contribution in [1.29, 1.82) is 0 Å². The van der Waals surface area contributed by atoms with Crippen LogP contribution in [0.4, 0.5) is 10.3 Å². The summed E-state index contributed by atoms with van der Waals surface area (Å²) < 4.78 is 15.5. The quantitative estimate of drug-likeness (QED) is 0.728. The first-order valence-corrected chi connectivity index (χ1v) is 5.93. The molecule has 4 nitrogen and oxygen atoms in total. The summed E-state index contributed by atoms with van der Waals surface area (Å²) in [7, 11) is 0. The third kappa shape index (κ3) is 1.83. The van der Waals surface area contributed by atoms with Crippen molar-refractivity contribution < 1.29 is 4.39 Å². The van der Waals surface area contributed by atoms with Gasteiger partial charge in [-0.05, 0) is 43.2 Å². The molecule has 0 aliphatic rings. The van der Waals surface area contributed by atoms with Crippen LogP contribution in [0.2, 0.25) is 0 Å². The number of hydrogen-bond donors (Lipinski definition) is 1. The van der Waals surface area contributed by atoms with Crippen LogP contribution < -0.4 is 5.73 Å². The fourth-order valence-corrected chi connectivity index (χ4v) is 2.11. The van der Waals surface area contributed by atoms with Crippen LogP contribution in [0.3, 0.4) is 0 Å². The van der Waals surface area contributed by atoms with Crippen LogP contribution in [0.25, 0.3) is 16.9 Å². The molecule has 19 heavy (non-hydrogen) atoms. The number of pyridine rings is 1. The van der Waals surface area contributed by atoms with Crippen molar-refractivity contribution in [3.05, 3.63) is 47.4 Å². The zero-order valence-corrected chi connectivity index (χ0v) is 10.7. The molecule has 0 aliphatic heterocycles. The molecule has 0 saturated heterocycles. The number of nitrogens with zero attached hydrogens (tertiary/aromatic N) is 3. The van der Waals surface area contributed by atoms with E-state index in [1.165, 1.54) is 10.6 Å². The fraction of sp³-hybridized carbons (Fsp3) is 0.143. The van der Waals surface area contributed by atoms with E-state index in [4.69, 9.17) is 5.73 Å². The molecule has 0 radical (unpaired) electrons. The Hall–Kier alpha value is -2.43. The van der Waals surface area contributed by atoms with E-state index in [2.05, 4.69) is 9.97 Å². The molecule has 3 rings (SSSR count). The van der Waals surface area contributed by atoms with E-state index in [1.807, 2.05) is 19.9 Å². The maximum atomic E-state index is 14.0. The highest BCUT2D eigenvalue weighted by Crippen LogP contribution is 2.24. The first kappa shape index (κ1) is 11.6. The molecule has 0 bridgehead atoms. The molecule has 0 aliphatic carbocycles. The van der Waals surface area contributed by atoms with Crippen molar-refractivity contribution >= 4 is 17.1 Å². The predicted octanol–water partition coefficient (Wildman–Crippen LogP) is 2.76. The van der Waals surface area contributed by atoms with Gasteiger partial charge in [-0.3, -0.25) is 4.57 Å². The molecule has 3 aromatic rings. The second-order valence-electron chi connectivity index (χ2n) is 4.62. The average molecular weight is 256 g/mol. The summed E-state index contributed by atoms with van der Waals surface area (Å²) in [5.74, 6) is -0.114. The lowest BCUT2D eigenvalue weighted by molar-refractivity contribution is 0.619. The summed E-state index contributed by atoms with van der Waals surface area (Å²) in [4.78, 5) is 8.54. The molecule has 1 aromatic carbocycles. The number of anilines is 1. The van der Waals surface area contributed by atoms with Crippen LogP contribution in [0.15, 0.2) is 30.5 Å². The first-order chi connectivity index (χ1) is 9.06. The van der Waals surface area contributed by atoms with Gasteiger partial charge in [0, 0.05) is 6.20 Å². The average Bonchev–Trinajstić information content (AvgIpc) is 2.67. The van der Waals surface area contributed by atoms with Crippen molar-refractivity contribution in [2.75, 3.05) is 5.73 Å². The standard InChI is InChI=1S/C14H13FN4/c1-8-3-4-10(15)12(6-8)19-13-11(18-14(19)16)5-9(2)7-17-13/h3-7H,1-2H3,(H2,16,18). The molecule has 2 aromatic heterocycles. The molecule has 0 spiro atoms. The van der Waals surface area contributed by atoms with Gasteiger partial charge in [0.05, 0.1) is 5.69 Å². The van der Waals surface area contributed by atoms with E-state index in [0.29, 0.717) is 16.9 Å². The van der Waals surface area contributed by atoms with Gasteiger partial charge in [-0.2, -0.15) is 0 Å². The number of hydrogen-bond acceptors (Lipinski definition) is 3. The topological polar surface area (TPSA) is 56.7 Å². The van der Waals surface area contributed by atoms with E-state index < -0.39 is 0 Å². The lowest BCUT2D eigenvalue weighted by atomic mass is 10.2. The van der Waals surface area contributed by atoms with E-state index in [1.54, 1.807) is 18.3 Å². The molecule has 0 atom stereocenters. The largest absolute Gasteiger partial charge is 0.369 e. The Bertz CT molecular complexity index is 776. The Kier molecular flexibility index (Phi) is 2.48. The molecule has 2 heterocycles. The lowest BCUT2D eigenvalue weighted by Crippen LogP contribution is -2.04. The summed E-state index contributed by atoms with van der Waals surface area (Å²) in [5.41, 5.74) is 9.44. The van der Waals surface area contributed by atoms with Gasteiger partial charge in [0.1, 0.15) is 11.3 Å². The van der Waals surface area contributed by atoms with Gasteiger partial charge in [-0.1, -0.05) is 6.07 Å². The van der Waals surface area contributed by atoms with E-state index in [0.717, 1.165) is 11.1 Å². The normalized spacial score (nSPS) is 11.1. The van der Waals surface area contributed by atoms with E-state index >= 15 is 0 Å². The maximum absolute atomic E-state index is 14.0. The lowest BCUT2D eigenvalue weighted by Gasteiger charge is -2.08. The van der Waals surface area contributed by atoms with E-state index in [-0.39, 0.29) is 11.8 Å². The van der Waals surface area contributed by atoms with Crippen LogP contribution in [0.1, 0.15) is 11.1 Å². The number of aryl methyl sites for hydroxylation is 2. The van der Waals surface area contributed by atoms with Crippen molar-refractivity contribution in [1.82, 2.24) is 14.5 Å². The van der Waals surface area contributed by atoms with Gasteiger partial charge in [0.15, 0.2) is 5.65 Å². The number of benzene rings is 1. The highest BCUT2D eigenvalue weighted by atomic mass is 19.1. The van der Waals surface area contributed by atoms with Gasteiger partial charge < -0.3 is 5.73 Å². The molecule has 2 N–H and O–H groups in total. The molecular weight excluding hydrogens is 243 g/mol. The number of nitrogen functional groups attached to an aromatic ring is 1. The molecule has 5 heteroatoms. The van der Waals surface area contributed by atoms with Crippen LogP contribution in [0.5, 0.6) is 0 Å². The highest BCUT2D eigenvalue weighted by Gasteiger charge is 2.14. The minimum Gasteiger partial charge on any atom is -0.369 e. The van der Waals surface area contributed by atoms with Crippen LogP contribution in [-0.2, 0) is 0 Å². The van der Waals surface area contributed by atoms with Crippen molar-refractivity contribution in [3.63, 3.8) is 0 Å². The van der Waals surface area contributed by atoms with Crippen LogP contribution in [0, 0.1) is 19.7 Å². The number of aromatic nitrogens is 3. The van der Waals surface area contributed by atoms with Crippen molar-refractivity contribution in [2.24, 2.45) is 0 Å². The van der Waals surface area contributed by atoms with Gasteiger partial charge in [-0.15, -0.1) is 0 Å². The predicted molar refractivity (Wildman–Crippen MR) is 72.7 cm³/mol. The summed E-state index contributed by atoms with van der Waals surface area (Å²) in [5, 5.41) is 0. The van der Waals surface area contributed by atoms with Gasteiger partial charge in [-0.25, -0.2) is 14.4 Å². The Morgan fingerprint density at radius 2 is 1.95 bits per heavy atom. The molecule has 0 amide bonds. The van der Waals surface area contributed by atoms with Crippen LogP contribution >= 0.6 is 0 Å². The minimum atomic E-state index is -0.348. The Morgan fingerprint density at radius 1 is 1.16 bits per heavy atom. The number of fused-ring (bicyclic) bond motifs is 1. The van der Waals surface area contributed by atoms with Crippen molar-refractivity contribution in [3.8, 4) is 5.69 Å². The maximum Gasteiger partial charge on any atom is 0.207 e. The first-order valence-electron chi connectivity index (χ1n) is 5.93. The minimum absolute atomic E-state index is 0.234. The molecule has 0 saturated carbocycles. The summed E-state index contributed by atoms with van der Waals surface area (Å²) in [6, 6.07) is 6.74. The SMILES string of the molecule is Cc1ccc(F)c(-n2c(N)nc3cc(C)cnc32)c1. The zero-order chi connectivity index (χ0) is 13.6. The summed E-state index contributed by atoms with van der Waals surface area (Å²) >= 11 is 0. The second kappa shape index (κ2) is 4.05. The fourth-order valence-electron chi connectivity index (χ4n) is 2.11. The summed E-state index contributed by atoms with van der Waals surface area (Å²) in [6.45, 7) is 3.82. The molecule has 96 valence electrons. The third-order valence-corrected chi connectivity index (χ3v) is 3.00. The molecule has 0 unspecified atom stereocenters. The van der Waals surface area contributed by atoms with E-state index in [9.17, 15) is 4.39 Å². The Morgan fingerprint density at radius 3 is 2.74 bits per heavy atom. The summed E-state index contributed by atoms with van der Waals surface area (Å²) in [6.07, 6.45) is 1.72. The number of nitrogens with two attached hydrogens (primary N) is 1. The van der Waals surface area contributed by atoms with Gasteiger partial charge in [0.2, 0.25) is 5.95 Å². The monoisotopic (exact) mass is 256 g/mol. The van der Waals surface area contributed by atoms with Crippen molar-refractivity contribution in [2.45, 2.75) is 13.8 Å². The van der Waals surface area contributed by atoms with Crippen LogP contribution in [-0.4, -0.2) is 14.5 Å². The number of imidazole rings is 1. The number of rotatable bonds is 1. The molecule has 0 fully saturated rings. The smallest absolute Gasteiger partial charge is 0.207 e. The Balaban J connectivity index is 2.36. The highest BCUT2D eigenvalue weighted by molar-refractivity contribution is 5.77.